The van der Waals surface area contributed by atoms with Gasteiger partial charge in [-0.05, 0) is 43.9 Å². The predicted molar refractivity (Wildman–Crippen MR) is 70.4 cm³/mol. The number of hydrazine groups is 1. The number of hydrogen-bond acceptors (Lipinski definition) is 3. The molecule has 2 rings (SSSR count). The second-order valence-corrected chi connectivity index (χ2v) is 5.84. The molecular weight excluding hydrogens is 212 g/mol. The quantitative estimate of drug-likeness (QED) is 0.573. The first-order chi connectivity index (χ1) is 8.33. The Morgan fingerprint density at radius 3 is 2.82 bits per heavy atom. The van der Waals surface area contributed by atoms with Crippen molar-refractivity contribution in [1.29, 1.82) is 0 Å². The minimum Gasteiger partial charge on any atom is -0.378 e. The molecule has 3 heteroatoms. The van der Waals surface area contributed by atoms with Crippen LogP contribution in [0.1, 0.15) is 58.3 Å². The van der Waals surface area contributed by atoms with Gasteiger partial charge >= 0.3 is 0 Å². The van der Waals surface area contributed by atoms with Crippen LogP contribution in [0.4, 0.5) is 0 Å². The molecule has 1 saturated heterocycles. The van der Waals surface area contributed by atoms with Crippen molar-refractivity contribution in [2.24, 2.45) is 17.7 Å². The van der Waals surface area contributed by atoms with Crippen molar-refractivity contribution in [3.63, 3.8) is 0 Å². The van der Waals surface area contributed by atoms with Crippen LogP contribution in [0.15, 0.2) is 0 Å². The van der Waals surface area contributed by atoms with E-state index >= 15 is 0 Å². The van der Waals surface area contributed by atoms with E-state index in [0.29, 0.717) is 12.1 Å². The van der Waals surface area contributed by atoms with Crippen LogP contribution in [0, 0.1) is 11.8 Å². The van der Waals surface area contributed by atoms with Gasteiger partial charge in [0.05, 0.1) is 6.10 Å². The van der Waals surface area contributed by atoms with Gasteiger partial charge in [0, 0.05) is 12.6 Å². The summed E-state index contributed by atoms with van der Waals surface area (Å²) in [5.74, 6) is 7.45. The molecule has 0 spiro atoms. The Kier molecular flexibility index (Phi) is 5.26. The zero-order valence-electron chi connectivity index (χ0n) is 11.2. The lowest BCUT2D eigenvalue weighted by Gasteiger charge is -2.35. The van der Waals surface area contributed by atoms with Crippen LogP contribution in [0.2, 0.25) is 0 Å². The first-order valence-electron chi connectivity index (χ1n) is 7.41. The first-order valence-corrected chi connectivity index (χ1v) is 7.41. The smallest absolute Gasteiger partial charge is 0.0591 e. The van der Waals surface area contributed by atoms with Crippen LogP contribution in [0.5, 0.6) is 0 Å². The van der Waals surface area contributed by atoms with E-state index in [1.807, 2.05) is 0 Å². The molecule has 3 nitrogen and oxygen atoms in total. The van der Waals surface area contributed by atoms with Crippen molar-refractivity contribution in [1.82, 2.24) is 5.43 Å². The van der Waals surface area contributed by atoms with Crippen molar-refractivity contribution in [3.05, 3.63) is 0 Å². The topological polar surface area (TPSA) is 47.3 Å². The van der Waals surface area contributed by atoms with Crippen molar-refractivity contribution in [2.75, 3.05) is 6.61 Å². The van der Waals surface area contributed by atoms with Gasteiger partial charge in [0.1, 0.15) is 0 Å². The number of nitrogens with two attached hydrogens (primary N) is 1. The summed E-state index contributed by atoms with van der Waals surface area (Å²) in [5.41, 5.74) is 3.06. The molecule has 1 aliphatic heterocycles. The third-order valence-corrected chi connectivity index (χ3v) is 4.72. The molecular formula is C14H28N2O. The monoisotopic (exact) mass is 240 g/mol. The Bertz CT molecular complexity index is 216. The van der Waals surface area contributed by atoms with E-state index in [0.717, 1.165) is 24.9 Å². The fraction of sp³-hybridized carbons (Fsp3) is 1.00. The minimum absolute atomic E-state index is 0.457. The Hall–Kier alpha value is -0.120. The second kappa shape index (κ2) is 6.72. The van der Waals surface area contributed by atoms with Crippen molar-refractivity contribution in [2.45, 2.75) is 70.4 Å². The number of hydrogen-bond donors (Lipinski definition) is 2. The molecule has 0 amide bonds. The molecule has 4 unspecified atom stereocenters. The molecule has 0 aromatic heterocycles. The Morgan fingerprint density at radius 1 is 1.29 bits per heavy atom. The molecule has 2 fully saturated rings. The largest absolute Gasteiger partial charge is 0.378 e. The van der Waals surface area contributed by atoms with E-state index in [9.17, 15) is 0 Å². The third-order valence-electron chi connectivity index (χ3n) is 4.72. The standard InChI is InChI=1S/C14H28N2O/c1-2-11-5-3-6-12(9-11)14(16-15)10-13-7-4-8-17-13/h11-14,16H,2-10,15H2,1H3. The van der Waals surface area contributed by atoms with E-state index in [-0.39, 0.29) is 0 Å². The normalized spacial score (nSPS) is 36.0. The number of ether oxygens (including phenoxy) is 1. The summed E-state index contributed by atoms with van der Waals surface area (Å²) in [7, 11) is 0. The molecule has 2 aliphatic rings. The average molecular weight is 240 g/mol. The van der Waals surface area contributed by atoms with Crippen LogP contribution in [-0.2, 0) is 4.74 Å². The first kappa shape index (κ1) is 13.3. The highest BCUT2D eigenvalue weighted by Gasteiger charge is 2.30. The van der Waals surface area contributed by atoms with Gasteiger partial charge in [-0.1, -0.05) is 26.2 Å². The lowest BCUT2D eigenvalue weighted by molar-refractivity contribution is 0.0788. The summed E-state index contributed by atoms with van der Waals surface area (Å²) >= 11 is 0. The maximum Gasteiger partial charge on any atom is 0.0591 e. The SMILES string of the molecule is CCC1CCCC(C(CC2CCCO2)NN)C1. The van der Waals surface area contributed by atoms with E-state index < -0.39 is 0 Å². The van der Waals surface area contributed by atoms with Gasteiger partial charge in [-0.15, -0.1) is 0 Å². The van der Waals surface area contributed by atoms with Crippen molar-refractivity contribution in [3.8, 4) is 0 Å². The van der Waals surface area contributed by atoms with Crippen LogP contribution in [0.3, 0.4) is 0 Å². The zero-order chi connectivity index (χ0) is 12.1. The van der Waals surface area contributed by atoms with Gasteiger partial charge in [-0.2, -0.15) is 0 Å². The highest BCUT2D eigenvalue weighted by Crippen LogP contribution is 2.34. The summed E-state index contributed by atoms with van der Waals surface area (Å²) in [6, 6.07) is 0.465. The fourth-order valence-electron chi connectivity index (χ4n) is 3.58. The lowest BCUT2D eigenvalue weighted by atomic mass is 9.75. The number of nitrogens with one attached hydrogen (secondary N) is 1. The second-order valence-electron chi connectivity index (χ2n) is 5.84. The molecule has 1 heterocycles. The Labute approximate surface area is 105 Å². The average Bonchev–Trinajstić information content (AvgIpc) is 2.89. The fourth-order valence-corrected chi connectivity index (χ4v) is 3.58. The summed E-state index contributed by atoms with van der Waals surface area (Å²) in [4.78, 5) is 0. The van der Waals surface area contributed by atoms with Gasteiger partial charge in [0.25, 0.3) is 0 Å². The third kappa shape index (κ3) is 3.67. The molecule has 1 saturated carbocycles. The maximum absolute atomic E-state index is 5.76. The van der Waals surface area contributed by atoms with Crippen molar-refractivity contribution >= 4 is 0 Å². The highest BCUT2D eigenvalue weighted by molar-refractivity contribution is 4.84. The van der Waals surface area contributed by atoms with E-state index in [1.165, 1.54) is 44.9 Å². The van der Waals surface area contributed by atoms with Gasteiger partial charge in [-0.25, -0.2) is 0 Å². The van der Waals surface area contributed by atoms with E-state index in [4.69, 9.17) is 10.6 Å². The molecule has 0 radical (unpaired) electrons. The van der Waals surface area contributed by atoms with E-state index in [1.54, 1.807) is 0 Å². The summed E-state index contributed by atoms with van der Waals surface area (Å²) < 4.78 is 5.73. The van der Waals surface area contributed by atoms with Gasteiger partial charge in [0.2, 0.25) is 0 Å². The molecule has 3 N–H and O–H groups in total. The maximum atomic E-state index is 5.76. The van der Waals surface area contributed by atoms with E-state index in [2.05, 4.69) is 12.3 Å². The molecule has 17 heavy (non-hydrogen) atoms. The highest BCUT2D eigenvalue weighted by atomic mass is 16.5. The van der Waals surface area contributed by atoms with Gasteiger partial charge < -0.3 is 4.74 Å². The Morgan fingerprint density at radius 2 is 2.18 bits per heavy atom. The predicted octanol–water partition coefficient (Wildman–Crippen LogP) is 2.60. The summed E-state index contributed by atoms with van der Waals surface area (Å²) in [6.45, 7) is 3.27. The van der Waals surface area contributed by atoms with Crippen LogP contribution in [-0.4, -0.2) is 18.8 Å². The van der Waals surface area contributed by atoms with Crippen LogP contribution >= 0.6 is 0 Å². The summed E-state index contributed by atoms with van der Waals surface area (Å²) in [5, 5.41) is 0. The Balaban J connectivity index is 1.83. The number of rotatable bonds is 5. The van der Waals surface area contributed by atoms with Gasteiger partial charge in [0.15, 0.2) is 0 Å². The minimum atomic E-state index is 0.457. The summed E-state index contributed by atoms with van der Waals surface area (Å²) in [6.07, 6.45) is 10.9. The van der Waals surface area contributed by atoms with Gasteiger partial charge in [-0.3, -0.25) is 11.3 Å². The molecule has 0 aromatic rings. The molecule has 100 valence electrons. The molecule has 0 aromatic carbocycles. The lowest BCUT2D eigenvalue weighted by Crippen LogP contribution is -2.44. The molecule has 4 atom stereocenters. The van der Waals surface area contributed by atoms with Crippen molar-refractivity contribution < 1.29 is 4.74 Å². The zero-order valence-corrected chi connectivity index (χ0v) is 11.2. The molecule has 0 bridgehead atoms. The molecule has 1 aliphatic carbocycles. The van der Waals surface area contributed by atoms with Crippen LogP contribution in [0.25, 0.3) is 0 Å². The van der Waals surface area contributed by atoms with Crippen LogP contribution < -0.4 is 11.3 Å².